The fraction of sp³-hybridized carbons (Fsp3) is 1.00. The molecule has 0 heterocycles. The first-order chi connectivity index (χ1) is 4.88. The van der Waals surface area contributed by atoms with E-state index in [0.29, 0.717) is 18.4 Å². The fourth-order valence-electron chi connectivity index (χ4n) is 1.90. The average molecular weight is 144 g/mol. The summed E-state index contributed by atoms with van der Waals surface area (Å²) in [6.07, 6.45) is 4.47. The normalized spacial score (nSPS) is 33.0. The molecule has 0 aromatic heterocycles. The molecule has 1 rings (SSSR count). The third-order valence-electron chi connectivity index (χ3n) is 2.55. The summed E-state index contributed by atoms with van der Waals surface area (Å²) in [5.41, 5.74) is 0. The lowest BCUT2D eigenvalue weighted by Crippen LogP contribution is -2.13. The molecule has 0 unspecified atom stereocenters. The monoisotopic (exact) mass is 144 g/mol. The van der Waals surface area contributed by atoms with Crippen molar-refractivity contribution in [2.75, 3.05) is 13.2 Å². The zero-order valence-corrected chi connectivity index (χ0v) is 6.29. The van der Waals surface area contributed by atoms with Gasteiger partial charge in [0.1, 0.15) is 0 Å². The van der Waals surface area contributed by atoms with E-state index >= 15 is 0 Å². The molecule has 10 heavy (non-hydrogen) atoms. The van der Waals surface area contributed by atoms with Gasteiger partial charge in [-0.15, -0.1) is 0 Å². The zero-order valence-electron chi connectivity index (χ0n) is 6.29. The van der Waals surface area contributed by atoms with Gasteiger partial charge in [0, 0.05) is 13.2 Å². The van der Waals surface area contributed by atoms with Crippen LogP contribution in [0.15, 0.2) is 0 Å². The number of hydrogen-bond donors (Lipinski definition) is 2. The number of rotatable bonds is 3. The van der Waals surface area contributed by atoms with Crippen LogP contribution in [-0.2, 0) is 0 Å². The highest BCUT2D eigenvalue weighted by Crippen LogP contribution is 2.33. The van der Waals surface area contributed by atoms with Crippen LogP contribution in [0.3, 0.4) is 0 Å². The zero-order chi connectivity index (χ0) is 7.40. The Hall–Kier alpha value is -0.0800. The van der Waals surface area contributed by atoms with E-state index in [1.807, 2.05) is 0 Å². The number of hydrogen-bond acceptors (Lipinski definition) is 2. The quantitative estimate of drug-likeness (QED) is 0.614. The van der Waals surface area contributed by atoms with Gasteiger partial charge in [-0.3, -0.25) is 0 Å². The van der Waals surface area contributed by atoms with Crippen LogP contribution in [0.4, 0.5) is 0 Å². The highest BCUT2D eigenvalue weighted by Gasteiger charge is 2.25. The molecule has 0 spiro atoms. The Kier molecular flexibility index (Phi) is 3.16. The van der Waals surface area contributed by atoms with Crippen LogP contribution in [0, 0.1) is 11.8 Å². The van der Waals surface area contributed by atoms with Crippen LogP contribution in [0.2, 0.25) is 0 Å². The van der Waals surface area contributed by atoms with E-state index in [2.05, 4.69) is 0 Å². The van der Waals surface area contributed by atoms with Crippen LogP contribution in [0.1, 0.15) is 25.7 Å². The highest BCUT2D eigenvalue weighted by atomic mass is 16.3. The second kappa shape index (κ2) is 3.94. The maximum Gasteiger partial charge on any atom is 0.0461 e. The van der Waals surface area contributed by atoms with Gasteiger partial charge < -0.3 is 10.2 Å². The van der Waals surface area contributed by atoms with Crippen molar-refractivity contribution in [3.05, 3.63) is 0 Å². The lowest BCUT2D eigenvalue weighted by molar-refractivity contribution is 0.169. The molecule has 2 N–H and O–H groups in total. The molecule has 0 saturated heterocycles. The summed E-state index contributed by atoms with van der Waals surface area (Å²) in [4.78, 5) is 0. The number of aliphatic hydroxyl groups is 2. The summed E-state index contributed by atoms with van der Waals surface area (Å²) in [6.45, 7) is 0.589. The minimum Gasteiger partial charge on any atom is -0.396 e. The summed E-state index contributed by atoms with van der Waals surface area (Å²) < 4.78 is 0. The van der Waals surface area contributed by atoms with Crippen LogP contribution < -0.4 is 0 Å². The van der Waals surface area contributed by atoms with Gasteiger partial charge in [0.15, 0.2) is 0 Å². The summed E-state index contributed by atoms with van der Waals surface area (Å²) in [5.74, 6) is 1.07. The minimum atomic E-state index is 0.279. The molecular formula is C8H16O2. The largest absolute Gasteiger partial charge is 0.396 e. The van der Waals surface area contributed by atoms with E-state index in [1.165, 1.54) is 12.8 Å². The van der Waals surface area contributed by atoms with Crippen molar-refractivity contribution in [1.29, 1.82) is 0 Å². The van der Waals surface area contributed by atoms with Crippen LogP contribution in [0.5, 0.6) is 0 Å². The number of aliphatic hydroxyl groups excluding tert-OH is 2. The first kappa shape index (κ1) is 8.02. The Bertz CT molecular complexity index is 93.3. The molecule has 0 aromatic rings. The molecule has 1 saturated carbocycles. The second-order valence-corrected chi connectivity index (χ2v) is 3.15. The van der Waals surface area contributed by atoms with Crippen LogP contribution in [0.25, 0.3) is 0 Å². The molecule has 0 aromatic carbocycles. The van der Waals surface area contributed by atoms with Gasteiger partial charge >= 0.3 is 0 Å². The Morgan fingerprint density at radius 1 is 1.10 bits per heavy atom. The minimum absolute atomic E-state index is 0.279. The molecule has 0 amide bonds. The van der Waals surface area contributed by atoms with Gasteiger partial charge in [0.05, 0.1) is 0 Å². The molecule has 2 nitrogen and oxygen atoms in total. The lowest BCUT2D eigenvalue weighted by atomic mass is 9.94. The molecule has 1 fully saturated rings. The molecule has 0 bridgehead atoms. The Labute approximate surface area is 61.9 Å². The van der Waals surface area contributed by atoms with Gasteiger partial charge in [0.25, 0.3) is 0 Å². The fourth-order valence-corrected chi connectivity index (χ4v) is 1.90. The van der Waals surface area contributed by atoms with E-state index in [9.17, 15) is 0 Å². The smallest absolute Gasteiger partial charge is 0.0461 e. The van der Waals surface area contributed by atoms with Crippen molar-refractivity contribution in [2.24, 2.45) is 11.8 Å². The second-order valence-electron chi connectivity index (χ2n) is 3.15. The maximum atomic E-state index is 8.88. The van der Waals surface area contributed by atoms with Crippen LogP contribution in [-0.4, -0.2) is 23.4 Å². The molecule has 60 valence electrons. The van der Waals surface area contributed by atoms with Crippen molar-refractivity contribution in [1.82, 2.24) is 0 Å². The molecule has 1 aliphatic rings. The molecule has 2 atom stereocenters. The van der Waals surface area contributed by atoms with Crippen molar-refractivity contribution in [3.8, 4) is 0 Å². The molecule has 2 heteroatoms. The maximum absolute atomic E-state index is 8.88. The third-order valence-corrected chi connectivity index (χ3v) is 2.55. The van der Waals surface area contributed by atoms with E-state index in [0.717, 1.165) is 12.8 Å². The predicted molar refractivity (Wildman–Crippen MR) is 39.6 cm³/mol. The summed E-state index contributed by atoms with van der Waals surface area (Å²) >= 11 is 0. The lowest BCUT2D eigenvalue weighted by Gasteiger charge is -2.14. The van der Waals surface area contributed by atoms with Crippen LogP contribution >= 0.6 is 0 Å². The first-order valence-corrected chi connectivity index (χ1v) is 4.10. The van der Waals surface area contributed by atoms with Crippen molar-refractivity contribution in [2.45, 2.75) is 25.7 Å². The summed E-state index contributed by atoms with van der Waals surface area (Å²) in [7, 11) is 0. The Balaban J connectivity index is 2.27. The van der Waals surface area contributed by atoms with Gasteiger partial charge in [-0.1, -0.05) is 12.8 Å². The van der Waals surface area contributed by atoms with Gasteiger partial charge in [-0.25, -0.2) is 0 Å². The van der Waals surface area contributed by atoms with E-state index in [1.54, 1.807) is 0 Å². The summed E-state index contributed by atoms with van der Waals surface area (Å²) in [6, 6.07) is 0. The molecule has 0 radical (unpaired) electrons. The van der Waals surface area contributed by atoms with Gasteiger partial charge in [-0.2, -0.15) is 0 Å². The van der Waals surface area contributed by atoms with Gasteiger partial charge in [0.2, 0.25) is 0 Å². The third kappa shape index (κ3) is 1.70. The molecule has 0 aliphatic heterocycles. The van der Waals surface area contributed by atoms with Crippen molar-refractivity contribution in [3.63, 3.8) is 0 Å². The first-order valence-electron chi connectivity index (χ1n) is 4.10. The van der Waals surface area contributed by atoms with Gasteiger partial charge in [-0.05, 0) is 24.7 Å². The van der Waals surface area contributed by atoms with E-state index in [-0.39, 0.29) is 6.61 Å². The topological polar surface area (TPSA) is 40.5 Å². The summed E-state index contributed by atoms with van der Waals surface area (Å²) in [5, 5.41) is 17.5. The predicted octanol–water partition coefficient (Wildman–Crippen LogP) is 0.777. The molecule has 1 aliphatic carbocycles. The molecular weight excluding hydrogens is 128 g/mol. The standard InChI is InChI=1S/C8H16O2/c9-5-4-7-2-1-3-8(7)6-10/h7-10H,1-6H2/t7-,8-/m0/s1. The Morgan fingerprint density at radius 2 is 1.80 bits per heavy atom. The van der Waals surface area contributed by atoms with Crippen molar-refractivity contribution >= 4 is 0 Å². The Morgan fingerprint density at radius 3 is 2.40 bits per heavy atom. The van der Waals surface area contributed by atoms with Crippen molar-refractivity contribution < 1.29 is 10.2 Å². The average Bonchev–Trinajstić information content (AvgIpc) is 2.36. The van der Waals surface area contributed by atoms with E-state index in [4.69, 9.17) is 10.2 Å². The SMILES string of the molecule is OCC[C@@H]1CCC[C@H]1CO. The highest BCUT2D eigenvalue weighted by molar-refractivity contribution is 4.76. The van der Waals surface area contributed by atoms with E-state index < -0.39 is 0 Å².